The predicted octanol–water partition coefficient (Wildman–Crippen LogP) is 2.89. The van der Waals surface area contributed by atoms with Gasteiger partial charge in [0.15, 0.2) is 0 Å². The number of carbonyl (C=O) groups is 1. The van der Waals surface area contributed by atoms with Gasteiger partial charge in [-0.05, 0) is 39.7 Å². The smallest absolute Gasteiger partial charge is 0.410 e. The second-order valence-electron chi connectivity index (χ2n) is 8.92. The molecule has 5 nitrogen and oxygen atoms in total. The van der Waals surface area contributed by atoms with Gasteiger partial charge in [-0.15, -0.1) is 0 Å². The molecule has 23 heavy (non-hydrogen) atoms. The van der Waals surface area contributed by atoms with E-state index in [-0.39, 0.29) is 11.5 Å². The van der Waals surface area contributed by atoms with Crippen LogP contribution in [0.4, 0.5) is 4.79 Å². The number of carbonyl (C=O) groups excluding carboxylic acids is 1. The summed E-state index contributed by atoms with van der Waals surface area (Å²) < 4.78 is 11.2. The minimum atomic E-state index is -0.444. The van der Waals surface area contributed by atoms with Gasteiger partial charge in [-0.25, -0.2) is 4.79 Å². The Kier molecular flexibility index (Phi) is 5.31. The number of ether oxygens (including phenoxy) is 2. The second kappa shape index (κ2) is 6.60. The maximum Gasteiger partial charge on any atom is 0.410 e. The summed E-state index contributed by atoms with van der Waals surface area (Å²) in [5, 5.41) is 3.71. The highest BCUT2D eigenvalue weighted by molar-refractivity contribution is 5.67. The molecule has 1 N–H and O–H groups in total. The van der Waals surface area contributed by atoms with Gasteiger partial charge in [-0.3, -0.25) is 0 Å². The first kappa shape index (κ1) is 18.5. The molecule has 1 aliphatic carbocycles. The van der Waals surface area contributed by atoms with E-state index in [1.54, 1.807) is 11.9 Å². The number of nitrogens with one attached hydrogen (secondary N) is 1. The van der Waals surface area contributed by atoms with Gasteiger partial charge < -0.3 is 19.7 Å². The van der Waals surface area contributed by atoms with E-state index < -0.39 is 5.60 Å². The third-order valence-corrected chi connectivity index (χ3v) is 5.08. The Morgan fingerprint density at radius 2 is 2.09 bits per heavy atom. The van der Waals surface area contributed by atoms with Crippen molar-refractivity contribution in [3.63, 3.8) is 0 Å². The van der Waals surface area contributed by atoms with Crippen LogP contribution < -0.4 is 5.32 Å². The topological polar surface area (TPSA) is 50.8 Å². The Bertz CT molecular complexity index is 430. The van der Waals surface area contributed by atoms with Gasteiger partial charge in [0.05, 0.1) is 6.10 Å². The van der Waals surface area contributed by atoms with Gasteiger partial charge in [-0.1, -0.05) is 20.8 Å². The lowest BCUT2D eigenvalue weighted by Gasteiger charge is -2.55. The van der Waals surface area contributed by atoms with Crippen molar-refractivity contribution in [2.75, 3.05) is 26.7 Å². The largest absolute Gasteiger partial charge is 0.444 e. The number of amides is 1. The average molecular weight is 326 g/mol. The molecule has 0 radical (unpaired) electrons. The van der Waals surface area contributed by atoms with Crippen molar-refractivity contribution >= 4 is 6.09 Å². The van der Waals surface area contributed by atoms with Crippen LogP contribution in [0.25, 0.3) is 0 Å². The molecule has 1 saturated heterocycles. The normalized spacial score (nSPS) is 30.3. The first-order valence-electron chi connectivity index (χ1n) is 8.81. The van der Waals surface area contributed by atoms with Crippen LogP contribution in [0.15, 0.2) is 0 Å². The predicted molar refractivity (Wildman–Crippen MR) is 91.4 cm³/mol. The maximum atomic E-state index is 12.0. The van der Waals surface area contributed by atoms with Crippen LogP contribution in [0.3, 0.4) is 0 Å². The Labute approximate surface area is 141 Å². The molecule has 0 bridgehead atoms. The van der Waals surface area contributed by atoms with Crippen LogP contribution in [0.1, 0.15) is 48.0 Å². The minimum Gasteiger partial charge on any atom is -0.444 e. The van der Waals surface area contributed by atoms with E-state index in [1.165, 1.54) is 0 Å². The summed E-state index contributed by atoms with van der Waals surface area (Å²) in [5.41, 5.74) is -0.238. The fourth-order valence-corrected chi connectivity index (χ4v) is 4.01. The summed E-state index contributed by atoms with van der Waals surface area (Å²) in [4.78, 5) is 13.7. The zero-order chi connectivity index (χ0) is 17.4. The minimum absolute atomic E-state index is 0.206. The summed E-state index contributed by atoms with van der Waals surface area (Å²) in [6, 6.07) is 0.518. The van der Waals surface area contributed by atoms with Crippen molar-refractivity contribution < 1.29 is 14.3 Å². The highest BCUT2D eigenvalue weighted by atomic mass is 16.6. The Morgan fingerprint density at radius 3 is 2.70 bits per heavy atom. The molecule has 4 atom stereocenters. The van der Waals surface area contributed by atoms with E-state index >= 15 is 0 Å². The number of nitrogens with zero attached hydrogens (tertiary/aromatic N) is 1. The molecule has 2 fully saturated rings. The molecule has 5 heteroatoms. The molecule has 0 aromatic carbocycles. The van der Waals surface area contributed by atoms with E-state index in [1.807, 2.05) is 20.8 Å². The lowest BCUT2D eigenvalue weighted by atomic mass is 9.57. The molecule has 134 valence electrons. The highest BCUT2D eigenvalue weighted by Crippen LogP contribution is 2.52. The second-order valence-corrected chi connectivity index (χ2v) is 8.92. The van der Waals surface area contributed by atoms with Crippen molar-refractivity contribution in [2.45, 2.75) is 65.7 Å². The molecule has 1 aliphatic heterocycles. The van der Waals surface area contributed by atoms with Crippen molar-refractivity contribution in [3.05, 3.63) is 0 Å². The molecule has 1 amide bonds. The molecule has 1 heterocycles. The summed E-state index contributed by atoms with van der Waals surface area (Å²) in [7, 11) is 1.80. The standard InChI is InChI=1S/C18H34N2O3/c1-12(11-20(7)16(21)23-17(2,3)4)10-19-14-13-8-9-22-15(13)18(14,5)6/h12-15,19H,8-11H2,1-7H3. The number of hydrogen-bond donors (Lipinski definition) is 1. The number of hydrogen-bond acceptors (Lipinski definition) is 4. The van der Waals surface area contributed by atoms with E-state index in [0.717, 1.165) is 19.6 Å². The van der Waals surface area contributed by atoms with Crippen LogP contribution in [0.5, 0.6) is 0 Å². The summed E-state index contributed by atoms with van der Waals surface area (Å²) in [5.74, 6) is 1.03. The summed E-state index contributed by atoms with van der Waals surface area (Å²) in [6.07, 6.45) is 1.33. The SMILES string of the molecule is CC(CNC1C2CCOC2C1(C)C)CN(C)C(=O)OC(C)(C)C. The van der Waals surface area contributed by atoms with Crippen LogP contribution in [-0.4, -0.2) is 55.5 Å². The molecule has 2 rings (SSSR count). The molecule has 1 saturated carbocycles. The van der Waals surface area contributed by atoms with E-state index in [4.69, 9.17) is 9.47 Å². The number of rotatable bonds is 5. The third kappa shape index (κ3) is 4.18. The molecule has 0 spiro atoms. The Morgan fingerprint density at radius 1 is 1.43 bits per heavy atom. The maximum absolute atomic E-state index is 12.0. The molecule has 2 aliphatic rings. The lowest BCUT2D eigenvalue weighted by Crippen LogP contribution is -2.66. The van der Waals surface area contributed by atoms with E-state index in [0.29, 0.717) is 30.5 Å². The first-order valence-corrected chi connectivity index (χ1v) is 8.81. The van der Waals surface area contributed by atoms with Crippen LogP contribution >= 0.6 is 0 Å². The quantitative estimate of drug-likeness (QED) is 0.844. The number of fused-ring (bicyclic) bond motifs is 1. The average Bonchev–Trinajstić information content (AvgIpc) is 2.83. The molecular formula is C18H34N2O3. The van der Waals surface area contributed by atoms with Crippen LogP contribution in [-0.2, 0) is 9.47 Å². The zero-order valence-corrected chi connectivity index (χ0v) is 15.8. The van der Waals surface area contributed by atoms with E-state index in [9.17, 15) is 4.79 Å². The monoisotopic (exact) mass is 326 g/mol. The van der Waals surface area contributed by atoms with E-state index in [2.05, 4.69) is 26.1 Å². The fourth-order valence-electron chi connectivity index (χ4n) is 4.01. The van der Waals surface area contributed by atoms with Crippen molar-refractivity contribution in [3.8, 4) is 0 Å². The third-order valence-electron chi connectivity index (χ3n) is 5.08. The highest BCUT2D eigenvalue weighted by Gasteiger charge is 2.58. The molecule has 0 aromatic rings. The summed E-state index contributed by atoms with van der Waals surface area (Å²) in [6.45, 7) is 14.9. The zero-order valence-electron chi connectivity index (χ0n) is 15.8. The fraction of sp³-hybridized carbons (Fsp3) is 0.944. The molecule has 0 aromatic heterocycles. The van der Waals surface area contributed by atoms with Crippen LogP contribution in [0.2, 0.25) is 0 Å². The van der Waals surface area contributed by atoms with Crippen molar-refractivity contribution in [1.82, 2.24) is 10.2 Å². The van der Waals surface area contributed by atoms with Gasteiger partial charge in [0.2, 0.25) is 0 Å². The Balaban J connectivity index is 1.75. The van der Waals surface area contributed by atoms with Gasteiger partial charge in [0.25, 0.3) is 0 Å². The van der Waals surface area contributed by atoms with Gasteiger partial charge in [-0.2, -0.15) is 0 Å². The van der Waals surface area contributed by atoms with Crippen molar-refractivity contribution in [1.29, 1.82) is 0 Å². The lowest BCUT2D eigenvalue weighted by molar-refractivity contribution is -0.113. The van der Waals surface area contributed by atoms with Gasteiger partial charge >= 0.3 is 6.09 Å². The summed E-state index contributed by atoms with van der Waals surface area (Å²) >= 11 is 0. The van der Waals surface area contributed by atoms with Gasteiger partial charge in [0, 0.05) is 37.6 Å². The first-order chi connectivity index (χ1) is 10.5. The van der Waals surface area contributed by atoms with Gasteiger partial charge in [0.1, 0.15) is 5.60 Å². The van der Waals surface area contributed by atoms with Crippen molar-refractivity contribution in [2.24, 2.45) is 17.3 Å². The molecular weight excluding hydrogens is 292 g/mol. The molecule has 4 unspecified atom stereocenters. The van der Waals surface area contributed by atoms with Crippen LogP contribution in [0, 0.1) is 17.3 Å². The Hall–Kier alpha value is -0.810.